The zero-order valence-corrected chi connectivity index (χ0v) is 13.6. The highest BCUT2D eigenvalue weighted by Gasteiger charge is 2.24. The number of likely N-dealkylation sites (tertiary alicyclic amines) is 1. The molecule has 0 radical (unpaired) electrons. The molecule has 1 amide bonds. The second kappa shape index (κ2) is 6.55. The number of hydrogen-bond donors (Lipinski definition) is 0. The summed E-state index contributed by atoms with van der Waals surface area (Å²) in [4.78, 5) is 14.5. The molecule has 1 saturated heterocycles. The molecule has 1 aromatic heterocycles. The van der Waals surface area contributed by atoms with E-state index >= 15 is 0 Å². The van der Waals surface area contributed by atoms with E-state index in [9.17, 15) is 4.79 Å². The van der Waals surface area contributed by atoms with Gasteiger partial charge < -0.3 is 14.4 Å². The van der Waals surface area contributed by atoms with Crippen LogP contribution < -0.4 is 9.47 Å². The number of piperidine rings is 1. The Balaban J connectivity index is 1.34. The molecule has 0 unspecified atom stereocenters. The predicted molar refractivity (Wildman–Crippen MR) is 88.0 cm³/mol. The molecule has 1 atom stereocenters. The number of aryl methyl sites for hydroxylation is 1. The summed E-state index contributed by atoms with van der Waals surface area (Å²) < 4.78 is 12.7. The van der Waals surface area contributed by atoms with Crippen LogP contribution in [0.4, 0.5) is 0 Å². The third-order valence-corrected chi connectivity index (χ3v) is 4.71. The third kappa shape index (κ3) is 3.09. The molecule has 2 aliphatic heterocycles. The number of ether oxygens (including phenoxy) is 2. The minimum Gasteiger partial charge on any atom is -0.454 e. The van der Waals surface area contributed by atoms with Crippen molar-refractivity contribution in [1.82, 2.24) is 14.7 Å². The SMILES string of the molecule is O=C(CCc1ccc2c(c1)OCO2)N1CCC[C@@H](n2cccn2)C1. The van der Waals surface area contributed by atoms with Gasteiger partial charge in [0, 0.05) is 31.9 Å². The number of carbonyl (C=O) groups is 1. The lowest BCUT2D eigenvalue weighted by Gasteiger charge is -2.33. The molecule has 0 saturated carbocycles. The van der Waals surface area contributed by atoms with E-state index in [0.29, 0.717) is 12.5 Å². The molecular formula is C18H21N3O3. The minimum atomic E-state index is 0.213. The fourth-order valence-electron chi connectivity index (χ4n) is 3.40. The molecule has 3 heterocycles. The fraction of sp³-hybridized carbons (Fsp3) is 0.444. The Kier molecular flexibility index (Phi) is 4.11. The van der Waals surface area contributed by atoms with E-state index < -0.39 is 0 Å². The summed E-state index contributed by atoms with van der Waals surface area (Å²) in [5.74, 6) is 1.77. The molecule has 4 rings (SSSR count). The zero-order valence-electron chi connectivity index (χ0n) is 13.6. The van der Waals surface area contributed by atoms with E-state index in [4.69, 9.17) is 9.47 Å². The van der Waals surface area contributed by atoms with Crippen LogP contribution in [0, 0.1) is 0 Å². The molecule has 0 spiro atoms. The summed E-state index contributed by atoms with van der Waals surface area (Å²) in [6.07, 6.45) is 7.11. The number of amides is 1. The summed E-state index contributed by atoms with van der Waals surface area (Å²) >= 11 is 0. The summed E-state index contributed by atoms with van der Waals surface area (Å²) in [5, 5.41) is 4.31. The van der Waals surface area contributed by atoms with E-state index in [1.807, 2.05) is 40.0 Å². The molecule has 2 aromatic rings. The maximum Gasteiger partial charge on any atom is 0.231 e. The number of fused-ring (bicyclic) bond motifs is 1. The Morgan fingerprint density at radius 2 is 2.21 bits per heavy atom. The summed E-state index contributed by atoms with van der Waals surface area (Å²) in [6, 6.07) is 8.11. The van der Waals surface area contributed by atoms with Crippen LogP contribution in [0.25, 0.3) is 0 Å². The van der Waals surface area contributed by atoms with Gasteiger partial charge in [0.15, 0.2) is 11.5 Å². The van der Waals surface area contributed by atoms with Crippen molar-refractivity contribution in [2.45, 2.75) is 31.7 Å². The number of benzene rings is 1. The molecule has 126 valence electrons. The van der Waals surface area contributed by atoms with Crippen molar-refractivity contribution in [3.8, 4) is 11.5 Å². The van der Waals surface area contributed by atoms with Gasteiger partial charge in [-0.3, -0.25) is 9.48 Å². The molecule has 0 aliphatic carbocycles. The number of carbonyl (C=O) groups excluding carboxylic acids is 1. The molecular weight excluding hydrogens is 306 g/mol. The first-order valence-corrected chi connectivity index (χ1v) is 8.45. The molecule has 6 nitrogen and oxygen atoms in total. The monoisotopic (exact) mass is 327 g/mol. The van der Waals surface area contributed by atoms with Crippen LogP contribution in [0.1, 0.15) is 30.9 Å². The van der Waals surface area contributed by atoms with Crippen molar-refractivity contribution in [2.75, 3.05) is 19.9 Å². The lowest BCUT2D eigenvalue weighted by molar-refractivity contribution is -0.132. The molecule has 0 N–H and O–H groups in total. The van der Waals surface area contributed by atoms with E-state index in [1.54, 1.807) is 6.20 Å². The van der Waals surface area contributed by atoms with E-state index in [1.165, 1.54) is 0 Å². The van der Waals surface area contributed by atoms with Crippen LogP contribution in [0.2, 0.25) is 0 Å². The second-order valence-electron chi connectivity index (χ2n) is 6.31. The Morgan fingerprint density at radius 3 is 3.08 bits per heavy atom. The van der Waals surface area contributed by atoms with Gasteiger partial charge in [-0.05, 0) is 43.0 Å². The van der Waals surface area contributed by atoms with Gasteiger partial charge in [-0.2, -0.15) is 5.10 Å². The Labute approximate surface area is 141 Å². The standard InChI is InChI=1S/C18H21N3O3/c22-18(7-5-14-4-6-16-17(11-14)24-13-23-16)20-9-1-3-15(12-20)21-10-2-8-19-21/h2,4,6,8,10-11,15H,1,3,5,7,9,12-13H2/t15-/m1/s1. The average molecular weight is 327 g/mol. The van der Waals surface area contributed by atoms with Crippen LogP contribution in [0.5, 0.6) is 11.5 Å². The van der Waals surface area contributed by atoms with E-state index in [-0.39, 0.29) is 12.7 Å². The first-order chi connectivity index (χ1) is 11.8. The lowest BCUT2D eigenvalue weighted by atomic mass is 10.0. The van der Waals surface area contributed by atoms with Crippen molar-refractivity contribution in [2.24, 2.45) is 0 Å². The Hall–Kier alpha value is -2.50. The van der Waals surface area contributed by atoms with Crippen molar-refractivity contribution in [3.63, 3.8) is 0 Å². The molecule has 1 fully saturated rings. The minimum absolute atomic E-state index is 0.213. The van der Waals surface area contributed by atoms with Gasteiger partial charge in [0.1, 0.15) is 0 Å². The molecule has 2 aliphatic rings. The van der Waals surface area contributed by atoms with Crippen molar-refractivity contribution in [3.05, 3.63) is 42.2 Å². The Morgan fingerprint density at radius 1 is 1.29 bits per heavy atom. The number of nitrogens with zero attached hydrogens (tertiary/aromatic N) is 3. The first-order valence-electron chi connectivity index (χ1n) is 8.45. The van der Waals surface area contributed by atoms with Gasteiger partial charge >= 0.3 is 0 Å². The van der Waals surface area contributed by atoms with Gasteiger partial charge in [0.2, 0.25) is 12.7 Å². The normalized spacial score (nSPS) is 19.5. The maximum absolute atomic E-state index is 12.6. The molecule has 24 heavy (non-hydrogen) atoms. The van der Waals surface area contributed by atoms with Gasteiger partial charge in [0.25, 0.3) is 0 Å². The highest BCUT2D eigenvalue weighted by Crippen LogP contribution is 2.32. The first kappa shape index (κ1) is 15.1. The average Bonchev–Trinajstić information content (AvgIpc) is 3.30. The Bertz CT molecular complexity index is 714. The van der Waals surface area contributed by atoms with Crippen molar-refractivity contribution < 1.29 is 14.3 Å². The van der Waals surface area contributed by atoms with Gasteiger partial charge in [-0.15, -0.1) is 0 Å². The largest absolute Gasteiger partial charge is 0.454 e. The zero-order chi connectivity index (χ0) is 16.4. The maximum atomic E-state index is 12.6. The van der Waals surface area contributed by atoms with Crippen LogP contribution in [-0.2, 0) is 11.2 Å². The highest BCUT2D eigenvalue weighted by atomic mass is 16.7. The quantitative estimate of drug-likeness (QED) is 0.865. The van der Waals surface area contributed by atoms with Crippen LogP contribution in [0.15, 0.2) is 36.7 Å². The summed E-state index contributed by atoms with van der Waals surface area (Å²) in [6.45, 7) is 1.87. The van der Waals surface area contributed by atoms with Gasteiger partial charge in [-0.1, -0.05) is 6.07 Å². The molecule has 1 aromatic carbocycles. The molecule has 0 bridgehead atoms. The summed E-state index contributed by atoms with van der Waals surface area (Å²) in [7, 11) is 0. The number of hydrogen-bond acceptors (Lipinski definition) is 4. The van der Waals surface area contributed by atoms with Crippen LogP contribution >= 0.6 is 0 Å². The second-order valence-corrected chi connectivity index (χ2v) is 6.31. The number of aromatic nitrogens is 2. The van der Waals surface area contributed by atoms with Crippen LogP contribution in [0.3, 0.4) is 0 Å². The van der Waals surface area contributed by atoms with E-state index in [2.05, 4.69) is 5.10 Å². The number of rotatable bonds is 4. The van der Waals surface area contributed by atoms with Gasteiger partial charge in [0.05, 0.1) is 6.04 Å². The predicted octanol–water partition coefficient (Wildman–Crippen LogP) is 2.41. The van der Waals surface area contributed by atoms with E-state index in [0.717, 1.165) is 49.4 Å². The third-order valence-electron chi connectivity index (χ3n) is 4.71. The van der Waals surface area contributed by atoms with Crippen molar-refractivity contribution >= 4 is 5.91 Å². The fourth-order valence-corrected chi connectivity index (χ4v) is 3.40. The topological polar surface area (TPSA) is 56.6 Å². The highest BCUT2D eigenvalue weighted by molar-refractivity contribution is 5.76. The van der Waals surface area contributed by atoms with Crippen LogP contribution in [-0.4, -0.2) is 40.5 Å². The van der Waals surface area contributed by atoms with Crippen molar-refractivity contribution in [1.29, 1.82) is 0 Å². The lowest BCUT2D eigenvalue weighted by Crippen LogP contribution is -2.40. The smallest absolute Gasteiger partial charge is 0.231 e. The summed E-state index contributed by atoms with van der Waals surface area (Å²) in [5.41, 5.74) is 1.10. The van der Waals surface area contributed by atoms with Gasteiger partial charge in [-0.25, -0.2) is 0 Å². The molecule has 6 heteroatoms.